The lowest BCUT2D eigenvalue weighted by Gasteiger charge is -2.10. The molecule has 0 saturated heterocycles. The van der Waals surface area contributed by atoms with Gasteiger partial charge in [0.2, 0.25) is 5.95 Å². The number of ether oxygens (including phenoxy) is 2. The standard InChI is InChI=1S/C17H19N5O3/c1-2-24-14(23)7-4-8-25-12-6-3-5-11(9-12)15-13(10-18)16(19)22-17(20)21-15/h3,5-6,9H,2,4,7-8H2,1H3,(H4,19,20,21,22). The molecule has 25 heavy (non-hydrogen) atoms. The maximum Gasteiger partial charge on any atom is 0.305 e. The maximum absolute atomic E-state index is 11.3. The minimum atomic E-state index is -0.245. The average molecular weight is 341 g/mol. The highest BCUT2D eigenvalue weighted by Crippen LogP contribution is 2.28. The van der Waals surface area contributed by atoms with Gasteiger partial charge < -0.3 is 20.9 Å². The van der Waals surface area contributed by atoms with E-state index in [1.807, 2.05) is 6.07 Å². The second-order valence-corrected chi connectivity index (χ2v) is 5.09. The Kier molecular flexibility index (Phi) is 6.12. The summed E-state index contributed by atoms with van der Waals surface area (Å²) in [5.41, 5.74) is 12.5. The zero-order valence-electron chi connectivity index (χ0n) is 13.9. The predicted octanol–water partition coefficient (Wildman–Crippen LogP) is 1.90. The van der Waals surface area contributed by atoms with E-state index in [0.717, 1.165) is 0 Å². The van der Waals surface area contributed by atoms with Crippen molar-refractivity contribution in [3.8, 4) is 23.1 Å². The molecule has 0 fully saturated rings. The number of rotatable bonds is 7. The van der Waals surface area contributed by atoms with Crippen molar-refractivity contribution in [2.45, 2.75) is 19.8 Å². The van der Waals surface area contributed by atoms with Crippen LogP contribution in [-0.4, -0.2) is 29.2 Å². The third kappa shape index (κ3) is 4.81. The van der Waals surface area contributed by atoms with Gasteiger partial charge >= 0.3 is 5.97 Å². The molecule has 8 nitrogen and oxygen atoms in total. The fraction of sp³-hybridized carbons (Fsp3) is 0.294. The van der Waals surface area contributed by atoms with Crippen LogP contribution >= 0.6 is 0 Å². The number of nitriles is 1. The molecular formula is C17H19N5O3. The molecule has 1 aromatic carbocycles. The third-order valence-corrected chi connectivity index (χ3v) is 3.27. The molecule has 130 valence electrons. The first-order valence-electron chi connectivity index (χ1n) is 7.77. The number of benzene rings is 1. The van der Waals surface area contributed by atoms with E-state index in [-0.39, 0.29) is 23.3 Å². The van der Waals surface area contributed by atoms with E-state index in [0.29, 0.717) is 43.1 Å². The summed E-state index contributed by atoms with van der Waals surface area (Å²) in [6, 6.07) is 9.03. The van der Waals surface area contributed by atoms with Gasteiger partial charge in [0.15, 0.2) is 0 Å². The van der Waals surface area contributed by atoms with Crippen LogP contribution in [0.25, 0.3) is 11.3 Å². The van der Waals surface area contributed by atoms with Crippen LogP contribution in [-0.2, 0) is 9.53 Å². The van der Waals surface area contributed by atoms with Gasteiger partial charge in [-0.3, -0.25) is 4.79 Å². The lowest BCUT2D eigenvalue weighted by atomic mass is 10.1. The normalized spacial score (nSPS) is 10.1. The highest BCUT2D eigenvalue weighted by Gasteiger charge is 2.13. The number of anilines is 2. The highest BCUT2D eigenvalue weighted by atomic mass is 16.5. The van der Waals surface area contributed by atoms with Crippen molar-refractivity contribution in [3.05, 3.63) is 29.8 Å². The van der Waals surface area contributed by atoms with Gasteiger partial charge in [-0.15, -0.1) is 0 Å². The van der Waals surface area contributed by atoms with Crippen molar-refractivity contribution in [2.75, 3.05) is 24.7 Å². The number of nitrogen functional groups attached to an aromatic ring is 2. The van der Waals surface area contributed by atoms with Gasteiger partial charge in [0.05, 0.1) is 18.9 Å². The number of hydrogen-bond acceptors (Lipinski definition) is 8. The Morgan fingerprint density at radius 3 is 2.84 bits per heavy atom. The number of carbonyl (C=O) groups excluding carboxylic acids is 1. The number of aromatic nitrogens is 2. The highest BCUT2D eigenvalue weighted by molar-refractivity contribution is 5.73. The molecule has 1 aromatic heterocycles. The lowest BCUT2D eigenvalue weighted by Crippen LogP contribution is -2.07. The van der Waals surface area contributed by atoms with Gasteiger partial charge in [-0.1, -0.05) is 12.1 Å². The molecular weight excluding hydrogens is 322 g/mol. The number of esters is 1. The molecule has 4 N–H and O–H groups in total. The third-order valence-electron chi connectivity index (χ3n) is 3.27. The first kappa shape index (κ1) is 18.0. The zero-order chi connectivity index (χ0) is 18.2. The van der Waals surface area contributed by atoms with Crippen LogP contribution in [0.4, 0.5) is 11.8 Å². The van der Waals surface area contributed by atoms with Crippen molar-refractivity contribution in [1.29, 1.82) is 5.26 Å². The van der Waals surface area contributed by atoms with Crippen molar-refractivity contribution in [2.24, 2.45) is 0 Å². The topological polar surface area (TPSA) is 137 Å². The van der Waals surface area contributed by atoms with E-state index in [9.17, 15) is 10.1 Å². The Balaban J connectivity index is 2.10. The van der Waals surface area contributed by atoms with Crippen LogP contribution in [0.15, 0.2) is 24.3 Å². The van der Waals surface area contributed by atoms with Gasteiger partial charge in [-0.05, 0) is 25.5 Å². The fourth-order valence-corrected chi connectivity index (χ4v) is 2.19. The van der Waals surface area contributed by atoms with E-state index in [2.05, 4.69) is 9.97 Å². The Bertz CT molecular complexity index is 801. The number of carbonyl (C=O) groups is 1. The molecule has 0 unspecified atom stereocenters. The quantitative estimate of drug-likeness (QED) is 0.575. The minimum Gasteiger partial charge on any atom is -0.494 e. The molecule has 0 bridgehead atoms. The van der Waals surface area contributed by atoms with Crippen LogP contribution < -0.4 is 16.2 Å². The first-order valence-corrected chi connectivity index (χ1v) is 7.77. The van der Waals surface area contributed by atoms with Gasteiger partial charge in [-0.2, -0.15) is 10.2 Å². The zero-order valence-corrected chi connectivity index (χ0v) is 13.9. The molecule has 0 amide bonds. The van der Waals surface area contributed by atoms with Crippen LogP contribution in [0.5, 0.6) is 5.75 Å². The second-order valence-electron chi connectivity index (χ2n) is 5.09. The molecule has 2 aromatic rings. The number of nitrogens with zero attached hydrogens (tertiary/aromatic N) is 3. The van der Waals surface area contributed by atoms with Crippen LogP contribution in [0.2, 0.25) is 0 Å². The molecule has 8 heteroatoms. The predicted molar refractivity (Wildman–Crippen MR) is 92.4 cm³/mol. The average Bonchev–Trinajstić information content (AvgIpc) is 2.59. The lowest BCUT2D eigenvalue weighted by molar-refractivity contribution is -0.143. The number of nitrogens with two attached hydrogens (primary N) is 2. The Morgan fingerprint density at radius 2 is 2.12 bits per heavy atom. The molecule has 0 aliphatic rings. The summed E-state index contributed by atoms with van der Waals surface area (Å²) in [4.78, 5) is 19.2. The molecule has 2 rings (SSSR count). The van der Waals surface area contributed by atoms with E-state index in [4.69, 9.17) is 20.9 Å². The summed E-state index contributed by atoms with van der Waals surface area (Å²) < 4.78 is 10.5. The van der Waals surface area contributed by atoms with Crippen LogP contribution in [0.1, 0.15) is 25.3 Å². The van der Waals surface area contributed by atoms with Crippen molar-refractivity contribution in [3.63, 3.8) is 0 Å². The van der Waals surface area contributed by atoms with Crippen molar-refractivity contribution >= 4 is 17.7 Å². The second kappa shape index (κ2) is 8.49. The van der Waals surface area contributed by atoms with Gasteiger partial charge in [0, 0.05) is 12.0 Å². The Hall–Kier alpha value is -3.34. The Morgan fingerprint density at radius 1 is 1.32 bits per heavy atom. The van der Waals surface area contributed by atoms with Crippen molar-refractivity contribution < 1.29 is 14.3 Å². The smallest absolute Gasteiger partial charge is 0.305 e. The SMILES string of the molecule is CCOC(=O)CCCOc1cccc(-c2nc(N)nc(N)c2C#N)c1. The largest absolute Gasteiger partial charge is 0.494 e. The summed E-state index contributed by atoms with van der Waals surface area (Å²) in [6.07, 6.45) is 0.838. The fourth-order valence-electron chi connectivity index (χ4n) is 2.19. The van der Waals surface area contributed by atoms with Crippen LogP contribution in [0.3, 0.4) is 0 Å². The Labute approximate surface area is 145 Å². The van der Waals surface area contributed by atoms with Crippen molar-refractivity contribution in [1.82, 2.24) is 9.97 Å². The van der Waals surface area contributed by atoms with Gasteiger partial charge in [0.25, 0.3) is 0 Å². The monoisotopic (exact) mass is 341 g/mol. The number of hydrogen-bond donors (Lipinski definition) is 2. The first-order chi connectivity index (χ1) is 12.0. The molecule has 0 aliphatic carbocycles. The maximum atomic E-state index is 11.3. The van der Waals surface area contributed by atoms with Gasteiger partial charge in [0.1, 0.15) is 23.2 Å². The van der Waals surface area contributed by atoms with Gasteiger partial charge in [-0.25, -0.2) is 4.98 Å². The molecule has 0 saturated carbocycles. The molecule has 0 radical (unpaired) electrons. The van der Waals surface area contributed by atoms with E-state index < -0.39 is 0 Å². The summed E-state index contributed by atoms with van der Waals surface area (Å²) in [6.45, 7) is 2.50. The summed E-state index contributed by atoms with van der Waals surface area (Å²) in [7, 11) is 0. The van der Waals surface area contributed by atoms with E-state index >= 15 is 0 Å². The van der Waals surface area contributed by atoms with E-state index in [1.165, 1.54) is 0 Å². The minimum absolute atomic E-state index is 0.00717. The molecule has 0 spiro atoms. The van der Waals surface area contributed by atoms with Crippen LogP contribution in [0, 0.1) is 11.3 Å². The molecule has 0 atom stereocenters. The molecule has 1 heterocycles. The summed E-state index contributed by atoms with van der Waals surface area (Å²) >= 11 is 0. The summed E-state index contributed by atoms with van der Waals surface area (Å²) in [5.74, 6) is 0.365. The molecule has 0 aliphatic heterocycles. The summed E-state index contributed by atoms with van der Waals surface area (Å²) in [5, 5.41) is 9.26. The van der Waals surface area contributed by atoms with E-state index in [1.54, 1.807) is 31.2 Å².